The monoisotopic (exact) mass is 383 g/mol. The van der Waals surface area contributed by atoms with Gasteiger partial charge in [-0.2, -0.15) is 0 Å². The number of fused-ring (bicyclic) bond motifs is 3. The summed E-state index contributed by atoms with van der Waals surface area (Å²) in [4.78, 5) is 24.3. The minimum absolute atomic E-state index is 0.0274. The summed E-state index contributed by atoms with van der Waals surface area (Å²) in [6.07, 6.45) is 7.11. The van der Waals surface area contributed by atoms with Crippen LogP contribution in [0, 0.1) is 0 Å². The highest BCUT2D eigenvalue weighted by molar-refractivity contribution is 8.00. The summed E-state index contributed by atoms with van der Waals surface area (Å²) in [5.74, 6) is 0.0274. The van der Waals surface area contributed by atoms with E-state index < -0.39 is 0 Å². The number of aryl methyl sites for hydroxylation is 2. The molecule has 1 aliphatic rings. The average molecular weight is 384 g/mol. The van der Waals surface area contributed by atoms with Crippen LogP contribution in [-0.2, 0) is 17.6 Å². The molecule has 1 amide bonds. The van der Waals surface area contributed by atoms with E-state index >= 15 is 0 Å². The molecule has 2 heterocycles. The normalized spacial score (nSPS) is 14.8. The van der Waals surface area contributed by atoms with E-state index in [1.54, 1.807) is 29.4 Å². The first-order valence-corrected chi connectivity index (χ1v) is 10.7. The number of thiophene rings is 1. The van der Waals surface area contributed by atoms with Gasteiger partial charge in [-0.05, 0) is 49.8 Å². The van der Waals surface area contributed by atoms with Gasteiger partial charge in [0, 0.05) is 16.0 Å². The summed E-state index contributed by atoms with van der Waals surface area (Å²) in [5.41, 5.74) is 2.25. The van der Waals surface area contributed by atoms with Crippen molar-refractivity contribution in [2.75, 3.05) is 5.32 Å². The summed E-state index contributed by atoms with van der Waals surface area (Å²) >= 11 is 3.36. The molecular formula is C20H21N3OS2. The Morgan fingerprint density at radius 2 is 2.04 bits per heavy atom. The molecule has 1 unspecified atom stereocenters. The minimum Gasteiger partial charge on any atom is -0.325 e. The van der Waals surface area contributed by atoms with Crippen molar-refractivity contribution in [2.24, 2.45) is 0 Å². The smallest absolute Gasteiger partial charge is 0.237 e. The van der Waals surface area contributed by atoms with E-state index in [-0.39, 0.29) is 11.2 Å². The first kappa shape index (κ1) is 17.5. The second-order valence-electron chi connectivity index (χ2n) is 6.44. The van der Waals surface area contributed by atoms with Gasteiger partial charge in [0.1, 0.15) is 16.2 Å². The van der Waals surface area contributed by atoms with E-state index in [1.165, 1.54) is 28.7 Å². The van der Waals surface area contributed by atoms with E-state index in [0.29, 0.717) is 0 Å². The summed E-state index contributed by atoms with van der Waals surface area (Å²) in [6, 6.07) is 9.62. The number of hydrogen-bond donors (Lipinski definition) is 1. The molecule has 2 aromatic heterocycles. The largest absolute Gasteiger partial charge is 0.325 e. The third kappa shape index (κ3) is 3.48. The van der Waals surface area contributed by atoms with E-state index in [1.807, 2.05) is 37.3 Å². The minimum atomic E-state index is -0.174. The van der Waals surface area contributed by atoms with E-state index in [0.717, 1.165) is 34.8 Å². The van der Waals surface area contributed by atoms with Crippen molar-refractivity contribution in [3.63, 3.8) is 0 Å². The molecule has 4 rings (SSSR count). The Kier molecular flexibility index (Phi) is 5.22. The van der Waals surface area contributed by atoms with E-state index in [9.17, 15) is 4.79 Å². The molecule has 3 aromatic rings. The van der Waals surface area contributed by atoms with Gasteiger partial charge in [-0.25, -0.2) is 9.97 Å². The molecule has 1 N–H and O–H groups in total. The van der Waals surface area contributed by atoms with Crippen LogP contribution in [0.3, 0.4) is 0 Å². The molecule has 1 atom stereocenters. The highest BCUT2D eigenvalue weighted by Crippen LogP contribution is 2.40. The highest BCUT2D eigenvalue weighted by atomic mass is 32.2. The first-order valence-electron chi connectivity index (χ1n) is 9.04. The number of nitrogens with zero attached hydrogens (tertiary/aromatic N) is 2. The fourth-order valence-corrected chi connectivity index (χ4v) is 5.69. The van der Waals surface area contributed by atoms with Crippen LogP contribution in [0.25, 0.3) is 10.2 Å². The zero-order chi connectivity index (χ0) is 17.9. The lowest BCUT2D eigenvalue weighted by atomic mass is 9.97. The lowest BCUT2D eigenvalue weighted by Crippen LogP contribution is -2.24. The van der Waals surface area contributed by atoms with Crippen LogP contribution in [0.5, 0.6) is 0 Å². The number of anilines is 1. The van der Waals surface area contributed by atoms with Crippen LogP contribution in [0.1, 0.15) is 36.6 Å². The molecule has 26 heavy (non-hydrogen) atoms. The molecule has 134 valence electrons. The number of hydrogen-bond acceptors (Lipinski definition) is 5. The van der Waals surface area contributed by atoms with Crippen molar-refractivity contribution in [2.45, 2.75) is 49.3 Å². The van der Waals surface area contributed by atoms with Crippen molar-refractivity contribution >= 4 is 44.9 Å². The second kappa shape index (κ2) is 7.76. The summed E-state index contributed by atoms with van der Waals surface area (Å²) in [5, 5.41) is 4.98. The van der Waals surface area contributed by atoms with Crippen molar-refractivity contribution in [3.05, 3.63) is 47.1 Å². The summed E-state index contributed by atoms with van der Waals surface area (Å²) < 4.78 is 0. The van der Waals surface area contributed by atoms with Gasteiger partial charge < -0.3 is 5.32 Å². The number of nitrogens with one attached hydrogen (secondary N) is 1. The van der Waals surface area contributed by atoms with E-state index in [2.05, 4.69) is 15.3 Å². The van der Waals surface area contributed by atoms with Crippen LogP contribution >= 0.6 is 23.1 Å². The van der Waals surface area contributed by atoms with Crippen LogP contribution in [-0.4, -0.2) is 21.1 Å². The Hall–Kier alpha value is -1.92. The van der Waals surface area contributed by atoms with Gasteiger partial charge in [-0.3, -0.25) is 4.79 Å². The molecule has 0 fully saturated rings. The van der Waals surface area contributed by atoms with Gasteiger partial charge in [-0.15, -0.1) is 11.3 Å². The molecular weight excluding hydrogens is 362 g/mol. The third-order valence-electron chi connectivity index (χ3n) is 4.68. The van der Waals surface area contributed by atoms with Gasteiger partial charge in [0.25, 0.3) is 0 Å². The van der Waals surface area contributed by atoms with Gasteiger partial charge in [0.05, 0.1) is 5.25 Å². The molecule has 6 heteroatoms. The lowest BCUT2D eigenvalue weighted by Gasteiger charge is -2.16. The number of amides is 1. The quantitative estimate of drug-likeness (QED) is 0.493. The zero-order valence-electron chi connectivity index (χ0n) is 14.7. The van der Waals surface area contributed by atoms with Crippen molar-refractivity contribution in [1.29, 1.82) is 0 Å². The second-order valence-corrected chi connectivity index (χ2v) is 8.71. The van der Waals surface area contributed by atoms with Gasteiger partial charge >= 0.3 is 0 Å². The number of benzene rings is 1. The molecule has 4 nitrogen and oxygen atoms in total. The predicted octanol–water partition coefficient (Wildman–Crippen LogP) is 5.08. The van der Waals surface area contributed by atoms with Crippen LogP contribution < -0.4 is 5.32 Å². The number of carbonyl (C=O) groups is 1. The van der Waals surface area contributed by atoms with Crippen LogP contribution in [0.15, 0.2) is 41.7 Å². The number of thioether (sulfide) groups is 1. The van der Waals surface area contributed by atoms with Crippen molar-refractivity contribution < 1.29 is 4.79 Å². The van der Waals surface area contributed by atoms with Crippen LogP contribution in [0.2, 0.25) is 0 Å². The van der Waals surface area contributed by atoms with Crippen molar-refractivity contribution in [3.8, 4) is 0 Å². The first-order chi connectivity index (χ1) is 12.8. The molecule has 0 spiro atoms. The molecule has 0 saturated carbocycles. The van der Waals surface area contributed by atoms with Gasteiger partial charge in [0.15, 0.2) is 0 Å². The Bertz CT molecular complexity index is 923. The van der Waals surface area contributed by atoms with Gasteiger partial charge in [-0.1, -0.05) is 36.9 Å². The average Bonchev–Trinajstić information content (AvgIpc) is 3.06. The Morgan fingerprint density at radius 3 is 2.85 bits per heavy atom. The number of carbonyl (C=O) groups excluding carboxylic acids is 1. The number of aromatic nitrogens is 2. The molecule has 1 aromatic carbocycles. The topological polar surface area (TPSA) is 54.9 Å². The maximum atomic E-state index is 12.7. The summed E-state index contributed by atoms with van der Waals surface area (Å²) in [6.45, 7) is 2.05. The summed E-state index contributed by atoms with van der Waals surface area (Å²) in [7, 11) is 0. The molecule has 0 radical (unpaired) electrons. The Morgan fingerprint density at radius 1 is 1.23 bits per heavy atom. The SMILES string of the molecule is CCC(Sc1ncnc2sc3c(c12)CCCC3)C(=O)Nc1ccccc1. The Balaban J connectivity index is 1.61. The fourth-order valence-electron chi connectivity index (χ4n) is 3.35. The molecule has 0 aliphatic heterocycles. The maximum Gasteiger partial charge on any atom is 0.237 e. The number of rotatable bonds is 5. The maximum absolute atomic E-state index is 12.7. The molecule has 0 saturated heterocycles. The highest BCUT2D eigenvalue weighted by Gasteiger charge is 2.24. The third-order valence-corrected chi connectivity index (χ3v) is 7.24. The molecule has 0 bridgehead atoms. The Labute approximate surface area is 161 Å². The predicted molar refractivity (Wildman–Crippen MR) is 109 cm³/mol. The zero-order valence-corrected chi connectivity index (χ0v) is 16.3. The standard InChI is InChI=1S/C20H21N3OS2/c1-2-15(18(24)23-13-8-4-3-5-9-13)25-19-17-14-10-6-7-11-16(14)26-20(17)22-12-21-19/h3-5,8-9,12,15H,2,6-7,10-11H2,1H3,(H,23,24). The van der Waals surface area contributed by atoms with Gasteiger partial charge in [0.2, 0.25) is 5.91 Å². The van der Waals surface area contributed by atoms with E-state index in [4.69, 9.17) is 0 Å². The van der Waals surface area contributed by atoms with Crippen LogP contribution in [0.4, 0.5) is 5.69 Å². The van der Waals surface area contributed by atoms with Crippen molar-refractivity contribution in [1.82, 2.24) is 9.97 Å². The fraction of sp³-hybridized carbons (Fsp3) is 0.350. The lowest BCUT2D eigenvalue weighted by molar-refractivity contribution is -0.115. The number of para-hydroxylation sites is 1. The molecule has 1 aliphatic carbocycles.